The third-order valence-corrected chi connectivity index (χ3v) is 6.39. The maximum atomic E-state index is 12.7. The maximum Gasteiger partial charge on any atom is 0.243 e. The number of rotatable bonds is 6. The minimum atomic E-state index is -3.52. The monoisotopic (exact) mass is 397 g/mol. The van der Waals surface area contributed by atoms with Crippen LogP contribution in [0.25, 0.3) is 0 Å². The standard InChI is InChI=1S/C19H19N5O3S/c1-27-15-5-7-16(8-6-15)28(25,26)24-12-14(13-24)17-9-11-21-19(22-17)23-18-4-2-3-10-20-18/h2-11,14H,12-13H2,1H3,(H,20,21,22,23). The molecule has 4 rings (SSSR count). The van der Waals surface area contributed by atoms with E-state index in [9.17, 15) is 8.42 Å². The van der Waals surface area contributed by atoms with Gasteiger partial charge in [0.05, 0.1) is 17.7 Å². The van der Waals surface area contributed by atoms with Crippen molar-refractivity contribution >= 4 is 21.8 Å². The first-order valence-corrected chi connectivity index (χ1v) is 10.2. The third kappa shape index (κ3) is 3.67. The van der Waals surface area contributed by atoms with E-state index in [0.29, 0.717) is 30.6 Å². The molecule has 0 aliphatic carbocycles. The predicted molar refractivity (Wildman–Crippen MR) is 104 cm³/mol. The van der Waals surface area contributed by atoms with Gasteiger partial charge in [-0.05, 0) is 42.5 Å². The van der Waals surface area contributed by atoms with E-state index >= 15 is 0 Å². The van der Waals surface area contributed by atoms with Crippen molar-refractivity contribution in [3.63, 3.8) is 0 Å². The second-order valence-corrected chi connectivity index (χ2v) is 8.28. The second kappa shape index (κ2) is 7.53. The van der Waals surface area contributed by atoms with Gasteiger partial charge in [-0.2, -0.15) is 4.31 Å². The zero-order valence-electron chi connectivity index (χ0n) is 15.2. The topological polar surface area (TPSA) is 97.3 Å². The predicted octanol–water partition coefficient (Wildman–Crippen LogP) is 2.41. The van der Waals surface area contributed by atoms with Crippen LogP contribution < -0.4 is 10.1 Å². The Kier molecular flexibility index (Phi) is 4.93. The summed E-state index contributed by atoms with van der Waals surface area (Å²) in [4.78, 5) is 13.1. The Labute approximate surface area is 163 Å². The van der Waals surface area contributed by atoms with E-state index in [1.165, 1.54) is 4.31 Å². The molecule has 3 heterocycles. The van der Waals surface area contributed by atoms with Crippen molar-refractivity contribution in [2.75, 3.05) is 25.5 Å². The van der Waals surface area contributed by atoms with E-state index < -0.39 is 10.0 Å². The van der Waals surface area contributed by atoms with Gasteiger partial charge in [0.1, 0.15) is 11.6 Å². The van der Waals surface area contributed by atoms with E-state index in [4.69, 9.17) is 4.74 Å². The van der Waals surface area contributed by atoms with Crippen molar-refractivity contribution in [3.8, 4) is 5.75 Å². The minimum Gasteiger partial charge on any atom is -0.497 e. The summed E-state index contributed by atoms with van der Waals surface area (Å²) in [7, 11) is -1.97. The number of ether oxygens (including phenoxy) is 1. The van der Waals surface area contributed by atoms with Crippen molar-refractivity contribution in [1.82, 2.24) is 19.3 Å². The molecule has 0 spiro atoms. The van der Waals surface area contributed by atoms with Crippen LogP contribution in [0.2, 0.25) is 0 Å². The lowest BCUT2D eigenvalue weighted by Crippen LogP contribution is -2.48. The van der Waals surface area contributed by atoms with E-state index in [-0.39, 0.29) is 10.8 Å². The van der Waals surface area contributed by atoms with Gasteiger partial charge in [-0.25, -0.2) is 23.4 Å². The molecule has 9 heteroatoms. The fourth-order valence-electron chi connectivity index (χ4n) is 2.93. The molecule has 8 nitrogen and oxygen atoms in total. The van der Waals surface area contributed by atoms with Crippen LogP contribution >= 0.6 is 0 Å². The molecule has 28 heavy (non-hydrogen) atoms. The number of nitrogens with one attached hydrogen (secondary N) is 1. The van der Waals surface area contributed by atoms with Crippen molar-refractivity contribution in [2.45, 2.75) is 10.8 Å². The van der Waals surface area contributed by atoms with E-state index in [1.807, 2.05) is 24.3 Å². The van der Waals surface area contributed by atoms with Crippen LogP contribution in [0.3, 0.4) is 0 Å². The van der Waals surface area contributed by atoms with Gasteiger partial charge in [0.25, 0.3) is 0 Å². The maximum absolute atomic E-state index is 12.7. The summed E-state index contributed by atoms with van der Waals surface area (Å²) < 4.78 is 32.0. The molecular formula is C19H19N5O3S. The fraction of sp³-hybridized carbons (Fsp3) is 0.211. The number of benzene rings is 1. The summed E-state index contributed by atoms with van der Waals surface area (Å²) in [6.45, 7) is 0.767. The highest BCUT2D eigenvalue weighted by atomic mass is 32.2. The highest BCUT2D eigenvalue weighted by Crippen LogP contribution is 2.31. The number of hydrogen-bond donors (Lipinski definition) is 1. The minimum absolute atomic E-state index is 0.0281. The first-order chi connectivity index (χ1) is 13.6. The number of nitrogens with zero attached hydrogens (tertiary/aromatic N) is 4. The number of aromatic nitrogens is 3. The number of anilines is 2. The Hall–Kier alpha value is -3.04. The Morgan fingerprint density at radius 3 is 2.50 bits per heavy atom. The number of pyridine rings is 1. The first-order valence-electron chi connectivity index (χ1n) is 8.71. The van der Waals surface area contributed by atoms with Crippen LogP contribution in [0.15, 0.2) is 65.8 Å². The van der Waals surface area contributed by atoms with E-state index in [0.717, 1.165) is 5.69 Å². The van der Waals surface area contributed by atoms with Gasteiger partial charge in [0.2, 0.25) is 16.0 Å². The average molecular weight is 397 g/mol. The lowest BCUT2D eigenvalue weighted by molar-refractivity contribution is 0.260. The molecule has 0 unspecified atom stereocenters. The van der Waals surface area contributed by atoms with Gasteiger partial charge < -0.3 is 10.1 Å². The number of hydrogen-bond acceptors (Lipinski definition) is 7. The Bertz CT molecular complexity index is 1050. The highest BCUT2D eigenvalue weighted by molar-refractivity contribution is 7.89. The molecule has 1 saturated heterocycles. The van der Waals surface area contributed by atoms with Crippen LogP contribution in [-0.4, -0.2) is 47.9 Å². The second-order valence-electron chi connectivity index (χ2n) is 6.34. The molecule has 3 aromatic rings. The van der Waals surface area contributed by atoms with Crippen molar-refractivity contribution in [2.24, 2.45) is 0 Å². The molecule has 1 N–H and O–H groups in total. The van der Waals surface area contributed by atoms with Crippen LogP contribution in [-0.2, 0) is 10.0 Å². The Morgan fingerprint density at radius 2 is 1.82 bits per heavy atom. The molecular weight excluding hydrogens is 378 g/mol. The van der Waals surface area contributed by atoms with Gasteiger partial charge >= 0.3 is 0 Å². The normalized spacial score (nSPS) is 15.0. The van der Waals surface area contributed by atoms with Gasteiger partial charge in [0, 0.05) is 31.4 Å². The Balaban J connectivity index is 1.44. The number of sulfonamides is 1. The molecule has 1 aromatic carbocycles. The summed E-state index contributed by atoms with van der Waals surface area (Å²) in [5.41, 5.74) is 0.801. The van der Waals surface area contributed by atoms with Gasteiger partial charge in [-0.1, -0.05) is 6.07 Å². The molecule has 0 bridgehead atoms. The molecule has 2 aromatic heterocycles. The molecule has 0 saturated carbocycles. The number of methoxy groups -OCH3 is 1. The van der Waals surface area contributed by atoms with Crippen molar-refractivity contribution in [3.05, 3.63) is 66.6 Å². The molecule has 0 atom stereocenters. The third-order valence-electron chi connectivity index (χ3n) is 4.55. The summed E-state index contributed by atoms with van der Waals surface area (Å²) in [6.07, 6.45) is 3.34. The molecule has 0 radical (unpaired) electrons. The van der Waals surface area contributed by atoms with Crippen molar-refractivity contribution in [1.29, 1.82) is 0 Å². The quantitative estimate of drug-likeness (QED) is 0.682. The van der Waals surface area contributed by atoms with Crippen LogP contribution in [0.4, 0.5) is 11.8 Å². The smallest absolute Gasteiger partial charge is 0.243 e. The first kappa shape index (κ1) is 18.3. The van der Waals surface area contributed by atoms with Gasteiger partial charge in [-0.3, -0.25) is 0 Å². The van der Waals surface area contributed by atoms with Crippen molar-refractivity contribution < 1.29 is 13.2 Å². The molecule has 144 valence electrons. The SMILES string of the molecule is COc1ccc(S(=O)(=O)N2CC(c3ccnc(Nc4ccccn4)n3)C2)cc1. The summed E-state index contributed by atoms with van der Waals surface area (Å²) in [5.74, 6) is 1.74. The van der Waals surface area contributed by atoms with Crippen LogP contribution in [0.1, 0.15) is 11.6 Å². The lowest BCUT2D eigenvalue weighted by atomic mass is 9.99. The Morgan fingerprint density at radius 1 is 1.04 bits per heavy atom. The summed E-state index contributed by atoms with van der Waals surface area (Å²) in [5, 5.41) is 3.05. The molecule has 1 aliphatic rings. The molecule has 1 aliphatic heterocycles. The largest absolute Gasteiger partial charge is 0.497 e. The highest BCUT2D eigenvalue weighted by Gasteiger charge is 2.38. The average Bonchev–Trinajstić information content (AvgIpc) is 2.68. The zero-order valence-corrected chi connectivity index (χ0v) is 16.0. The van der Waals surface area contributed by atoms with E-state index in [1.54, 1.807) is 43.8 Å². The van der Waals surface area contributed by atoms with Gasteiger partial charge in [-0.15, -0.1) is 0 Å². The molecule has 0 amide bonds. The molecule has 1 fully saturated rings. The summed E-state index contributed by atoms with van der Waals surface area (Å²) in [6, 6.07) is 13.7. The van der Waals surface area contributed by atoms with Gasteiger partial charge in [0.15, 0.2) is 0 Å². The zero-order chi connectivity index (χ0) is 19.6. The fourth-order valence-corrected chi connectivity index (χ4v) is 4.46. The van der Waals surface area contributed by atoms with E-state index in [2.05, 4.69) is 20.3 Å². The summed E-state index contributed by atoms with van der Waals surface area (Å²) >= 11 is 0. The lowest BCUT2D eigenvalue weighted by Gasteiger charge is -2.37. The van der Waals surface area contributed by atoms with Crippen LogP contribution in [0, 0.1) is 0 Å². The van der Waals surface area contributed by atoms with Crippen LogP contribution in [0.5, 0.6) is 5.75 Å².